The average molecular weight is 231 g/mol. The number of rotatable bonds is 5. The van der Waals surface area contributed by atoms with Gasteiger partial charge in [-0.2, -0.15) is 0 Å². The Morgan fingerprint density at radius 2 is 2.31 bits per heavy atom. The highest BCUT2D eigenvalue weighted by Crippen LogP contribution is 2.17. The van der Waals surface area contributed by atoms with Crippen molar-refractivity contribution in [3.05, 3.63) is 5.21 Å². The van der Waals surface area contributed by atoms with Crippen LogP contribution in [-0.2, 0) is 14.4 Å². The molecule has 0 spiro atoms. The number of ether oxygens (including phenoxy) is 1. The Balaban J connectivity index is 2.64. The smallest absolute Gasteiger partial charge is 0.408 e. The number of aliphatic hydroxyl groups excluding tert-OH is 1. The molecule has 1 aliphatic heterocycles. The second kappa shape index (κ2) is 5.69. The molecule has 0 saturated carbocycles. The molecule has 2 atom stereocenters. The van der Waals surface area contributed by atoms with Crippen molar-refractivity contribution >= 4 is 11.7 Å². The lowest BCUT2D eigenvalue weighted by Gasteiger charge is -2.13. The number of hydrogen-bond donors (Lipinski definition) is 1. The third kappa shape index (κ3) is 2.63. The fourth-order valence-electron chi connectivity index (χ4n) is 1.54. The summed E-state index contributed by atoms with van der Waals surface area (Å²) in [7, 11) is 0. The Morgan fingerprint density at radius 1 is 1.62 bits per heavy atom. The van der Waals surface area contributed by atoms with Gasteiger partial charge < -0.3 is 14.7 Å². The highest BCUT2D eigenvalue weighted by molar-refractivity contribution is 6.36. The molecular weight excluding hydrogens is 214 g/mol. The zero-order valence-corrected chi connectivity index (χ0v) is 9.51. The first-order valence-electron chi connectivity index (χ1n) is 5.47. The van der Waals surface area contributed by atoms with Gasteiger partial charge in [-0.3, -0.25) is 5.21 Å². The Kier molecular flexibility index (Phi) is 4.54. The van der Waals surface area contributed by atoms with E-state index in [0.29, 0.717) is 6.42 Å². The second-order valence-electron chi connectivity index (χ2n) is 3.59. The summed E-state index contributed by atoms with van der Waals surface area (Å²) in [6.45, 7) is 3.78. The van der Waals surface area contributed by atoms with Crippen molar-refractivity contribution in [2.24, 2.45) is 0 Å². The van der Waals surface area contributed by atoms with Crippen molar-refractivity contribution in [2.45, 2.75) is 45.3 Å². The van der Waals surface area contributed by atoms with Gasteiger partial charge in [-0.15, -0.1) is 0 Å². The number of esters is 1. The summed E-state index contributed by atoms with van der Waals surface area (Å²) in [6, 6.07) is 0. The first-order chi connectivity index (χ1) is 7.61. The summed E-state index contributed by atoms with van der Waals surface area (Å²) in [5.41, 5.74) is -0.358. The van der Waals surface area contributed by atoms with Crippen LogP contribution in [0.1, 0.15) is 33.1 Å². The molecule has 0 saturated heterocycles. The van der Waals surface area contributed by atoms with E-state index in [9.17, 15) is 15.1 Å². The van der Waals surface area contributed by atoms with Crippen LogP contribution in [0.4, 0.5) is 0 Å². The van der Waals surface area contributed by atoms with Gasteiger partial charge in [-0.1, -0.05) is 19.8 Å². The van der Waals surface area contributed by atoms with E-state index in [0.717, 1.165) is 12.8 Å². The molecule has 16 heavy (non-hydrogen) atoms. The molecule has 0 fully saturated rings. The van der Waals surface area contributed by atoms with E-state index in [-0.39, 0.29) is 17.2 Å². The normalized spacial score (nSPS) is 24.4. The molecule has 1 rings (SSSR count). The fraction of sp³-hybridized carbons (Fsp3) is 0.800. The molecule has 1 heterocycles. The third-order valence-corrected chi connectivity index (χ3v) is 2.39. The van der Waals surface area contributed by atoms with Gasteiger partial charge in [0.05, 0.1) is 11.5 Å². The van der Waals surface area contributed by atoms with Crippen molar-refractivity contribution in [1.82, 2.24) is 0 Å². The lowest BCUT2D eigenvalue weighted by atomic mass is 10.0. The molecule has 1 N–H and O–H groups in total. The molecule has 0 aromatic heterocycles. The molecular formula is C10H17NO5. The first-order valence-corrected chi connectivity index (χ1v) is 5.47. The summed E-state index contributed by atoms with van der Waals surface area (Å²) >= 11 is 0. The SMILES string of the molecule is CCCC[C@H]1O[N+]([O-])=C(C(=O)OCC)[C@H]1O. The molecule has 1 aliphatic rings. The van der Waals surface area contributed by atoms with E-state index < -0.39 is 18.2 Å². The summed E-state index contributed by atoms with van der Waals surface area (Å²) in [5.74, 6) is -0.816. The van der Waals surface area contributed by atoms with E-state index in [2.05, 4.69) is 4.74 Å². The minimum atomic E-state index is -1.19. The number of nitrogens with zero attached hydrogens (tertiary/aromatic N) is 1. The van der Waals surface area contributed by atoms with Gasteiger partial charge in [0, 0.05) is 0 Å². The predicted molar refractivity (Wildman–Crippen MR) is 55.7 cm³/mol. The minimum Gasteiger partial charge on any atom is -0.458 e. The summed E-state index contributed by atoms with van der Waals surface area (Å²) in [5, 5.41) is 21.0. The molecule has 0 bridgehead atoms. The number of carbonyl (C=O) groups is 1. The van der Waals surface area contributed by atoms with Gasteiger partial charge in [0.1, 0.15) is 6.10 Å². The van der Waals surface area contributed by atoms with Crippen LogP contribution in [0.15, 0.2) is 0 Å². The Morgan fingerprint density at radius 3 is 2.88 bits per heavy atom. The number of hydrogen-bond acceptors (Lipinski definition) is 5. The quantitative estimate of drug-likeness (QED) is 0.546. The van der Waals surface area contributed by atoms with Gasteiger partial charge in [0.25, 0.3) is 0 Å². The minimum absolute atomic E-state index is 0.0724. The Hall–Kier alpha value is -1.30. The monoisotopic (exact) mass is 231 g/mol. The molecule has 0 aromatic carbocycles. The summed E-state index contributed by atoms with van der Waals surface area (Å²) < 4.78 is 4.66. The van der Waals surface area contributed by atoms with Crippen molar-refractivity contribution in [2.75, 3.05) is 6.61 Å². The van der Waals surface area contributed by atoms with Crippen LogP contribution >= 0.6 is 0 Å². The highest BCUT2D eigenvalue weighted by atomic mass is 16.9. The van der Waals surface area contributed by atoms with Crippen LogP contribution in [0, 0.1) is 5.21 Å². The average Bonchev–Trinajstić information content (AvgIpc) is 2.51. The van der Waals surface area contributed by atoms with Gasteiger partial charge in [0.2, 0.25) is 0 Å². The second-order valence-corrected chi connectivity index (χ2v) is 3.59. The Labute approximate surface area is 94.0 Å². The van der Waals surface area contributed by atoms with E-state index in [1.165, 1.54) is 0 Å². The molecule has 6 nitrogen and oxygen atoms in total. The van der Waals surface area contributed by atoms with E-state index in [4.69, 9.17) is 4.84 Å². The summed E-state index contributed by atoms with van der Waals surface area (Å²) in [6.07, 6.45) is 0.463. The molecule has 0 aliphatic carbocycles. The molecule has 0 unspecified atom stereocenters. The third-order valence-electron chi connectivity index (χ3n) is 2.39. The maximum absolute atomic E-state index is 11.3. The van der Waals surface area contributed by atoms with E-state index in [1.807, 2.05) is 6.92 Å². The Bertz CT molecular complexity index is 289. The maximum atomic E-state index is 11.3. The topological polar surface area (TPSA) is 81.8 Å². The van der Waals surface area contributed by atoms with Crippen LogP contribution in [0.3, 0.4) is 0 Å². The molecule has 0 amide bonds. The summed E-state index contributed by atoms with van der Waals surface area (Å²) in [4.78, 5) is 16.3. The van der Waals surface area contributed by atoms with Crippen molar-refractivity contribution in [1.29, 1.82) is 0 Å². The zero-order chi connectivity index (χ0) is 12.1. The molecule has 0 radical (unpaired) electrons. The predicted octanol–water partition coefficient (Wildman–Crippen LogP) is 0.366. The number of carbonyl (C=O) groups excluding carboxylic acids is 1. The van der Waals surface area contributed by atoms with E-state index in [1.54, 1.807) is 6.92 Å². The highest BCUT2D eigenvalue weighted by Gasteiger charge is 2.44. The van der Waals surface area contributed by atoms with Crippen molar-refractivity contribution in [3.63, 3.8) is 0 Å². The first kappa shape index (κ1) is 12.8. The largest absolute Gasteiger partial charge is 0.458 e. The maximum Gasteiger partial charge on any atom is 0.408 e. The van der Waals surface area contributed by atoms with Crippen molar-refractivity contribution < 1.29 is 24.4 Å². The lowest BCUT2D eigenvalue weighted by Crippen LogP contribution is -2.35. The zero-order valence-electron chi connectivity index (χ0n) is 9.51. The van der Waals surface area contributed by atoms with E-state index >= 15 is 0 Å². The lowest BCUT2D eigenvalue weighted by molar-refractivity contribution is -0.740. The number of aliphatic hydroxyl groups is 1. The van der Waals surface area contributed by atoms with Gasteiger partial charge >= 0.3 is 11.7 Å². The standard InChI is InChI=1S/C10H17NO5/c1-3-5-6-7-9(12)8(11(14)16-7)10(13)15-4-2/h7,9,12H,3-6H2,1-2H3/t7-,9+/m1/s1. The van der Waals surface area contributed by atoms with Gasteiger partial charge in [-0.05, 0) is 13.3 Å². The number of unbranched alkanes of at least 4 members (excludes halogenated alkanes) is 1. The molecule has 6 heteroatoms. The van der Waals surface area contributed by atoms with Gasteiger partial charge in [-0.25, -0.2) is 4.79 Å². The van der Waals surface area contributed by atoms with Crippen LogP contribution in [0.5, 0.6) is 0 Å². The van der Waals surface area contributed by atoms with Gasteiger partial charge in [0.15, 0.2) is 6.10 Å². The molecule has 92 valence electrons. The van der Waals surface area contributed by atoms with Crippen LogP contribution in [0.2, 0.25) is 0 Å². The van der Waals surface area contributed by atoms with Crippen LogP contribution in [-0.4, -0.2) is 40.5 Å². The molecule has 0 aromatic rings. The van der Waals surface area contributed by atoms with Crippen LogP contribution in [0.25, 0.3) is 0 Å². The fourth-order valence-corrected chi connectivity index (χ4v) is 1.54. The van der Waals surface area contributed by atoms with Crippen LogP contribution < -0.4 is 0 Å². The van der Waals surface area contributed by atoms with Crippen molar-refractivity contribution in [3.8, 4) is 0 Å².